The minimum Gasteiger partial charge on any atom is -0.486 e. The van der Waals surface area contributed by atoms with Gasteiger partial charge in [-0.25, -0.2) is 4.79 Å². The normalized spacial score (nSPS) is 16.9. The van der Waals surface area contributed by atoms with Crippen LogP contribution in [0.1, 0.15) is 33.6 Å². The Morgan fingerprint density at radius 2 is 2.11 bits per heavy atom. The summed E-state index contributed by atoms with van der Waals surface area (Å²) >= 11 is 0. The summed E-state index contributed by atoms with van der Waals surface area (Å²) < 4.78 is 11.5. The molecule has 5 nitrogen and oxygen atoms in total. The van der Waals surface area contributed by atoms with Gasteiger partial charge in [0, 0.05) is 0 Å². The summed E-state index contributed by atoms with van der Waals surface area (Å²) in [7, 11) is 0. The van der Waals surface area contributed by atoms with Crippen molar-refractivity contribution in [3.8, 4) is 11.5 Å². The molecule has 1 aliphatic rings. The third-order valence-electron chi connectivity index (χ3n) is 2.93. The Balaban J connectivity index is 0.000000637. The maximum absolute atomic E-state index is 11.3. The summed E-state index contributed by atoms with van der Waals surface area (Å²) in [5, 5.41) is 0. The highest BCUT2D eigenvalue weighted by Crippen LogP contribution is 2.37. The van der Waals surface area contributed by atoms with E-state index in [0.29, 0.717) is 23.6 Å². The average Bonchev–Trinajstić information content (AvgIpc) is 2.82. The minimum atomic E-state index is -0.227. The maximum Gasteiger partial charge on any atom is 0.323 e. The number of H-pyrrole nitrogens is 2. The fraction of sp³-hybridized carbons (Fsp3) is 0.500. The zero-order valence-corrected chi connectivity index (χ0v) is 11.6. The number of benzene rings is 1. The number of rotatable bonds is 2. The lowest BCUT2D eigenvalue weighted by molar-refractivity contribution is 0.0861. The highest BCUT2D eigenvalue weighted by atomic mass is 16.6. The van der Waals surface area contributed by atoms with Crippen molar-refractivity contribution in [3.63, 3.8) is 0 Å². The van der Waals surface area contributed by atoms with E-state index in [0.717, 1.165) is 18.4 Å². The fourth-order valence-electron chi connectivity index (χ4n) is 2.14. The molecule has 0 aliphatic carbocycles. The molecule has 1 atom stereocenters. The largest absolute Gasteiger partial charge is 0.486 e. The molecular weight excluding hydrogens is 244 g/mol. The maximum atomic E-state index is 11.3. The van der Waals surface area contributed by atoms with Crippen molar-refractivity contribution in [2.24, 2.45) is 0 Å². The predicted molar refractivity (Wildman–Crippen MR) is 75.1 cm³/mol. The first-order valence-corrected chi connectivity index (χ1v) is 6.82. The first-order chi connectivity index (χ1) is 9.28. The molecule has 1 unspecified atom stereocenters. The molecule has 0 saturated carbocycles. The molecule has 2 N–H and O–H groups in total. The molecule has 0 spiro atoms. The summed E-state index contributed by atoms with van der Waals surface area (Å²) in [5.74, 6) is 1.34. The van der Waals surface area contributed by atoms with E-state index < -0.39 is 0 Å². The van der Waals surface area contributed by atoms with E-state index in [1.165, 1.54) is 0 Å². The molecule has 3 rings (SSSR count). The van der Waals surface area contributed by atoms with Gasteiger partial charge in [0.2, 0.25) is 0 Å². The lowest BCUT2D eigenvalue weighted by Gasteiger charge is -2.26. The molecule has 2 aromatic rings. The topological polar surface area (TPSA) is 67.1 Å². The van der Waals surface area contributed by atoms with E-state index in [2.05, 4.69) is 16.9 Å². The highest BCUT2D eigenvalue weighted by Gasteiger charge is 2.23. The third kappa shape index (κ3) is 2.59. The fourth-order valence-corrected chi connectivity index (χ4v) is 2.14. The van der Waals surface area contributed by atoms with Crippen LogP contribution in [0.2, 0.25) is 0 Å². The molecule has 1 aliphatic heterocycles. The Labute approximate surface area is 111 Å². The van der Waals surface area contributed by atoms with Gasteiger partial charge < -0.3 is 19.4 Å². The van der Waals surface area contributed by atoms with Gasteiger partial charge in [0.05, 0.1) is 5.52 Å². The second-order valence-corrected chi connectivity index (χ2v) is 4.23. The van der Waals surface area contributed by atoms with Gasteiger partial charge in [-0.05, 0) is 18.6 Å². The van der Waals surface area contributed by atoms with E-state index in [-0.39, 0.29) is 11.8 Å². The second kappa shape index (κ2) is 5.82. The lowest BCUT2D eigenvalue weighted by atomic mass is 10.2. The number of hydrogen-bond acceptors (Lipinski definition) is 3. The number of nitrogens with one attached hydrogen (secondary N) is 2. The SMILES string of the molecule is CC.CCCC1COc2ccc3[nH]c(=O)[nH]c3c2O1. The number of fused-ring (bicyclic) bond motifs is 3. The standard InChI is InChI=1S/C12H14N2O3.C2H6/c1-2-3-7-6-16-9-5-4-8-10(11(9)17-7)14-12(15)13-8;1-2/h4-5,7H,2-3,6H2,1H3,(H2,13,14,15);1-2H3. The van der Waals surface area contributed by atoms with Gasteiger partial charge in [0.1, 0.15) is 18.2 Å². The molecule has 104 valence electrons. The van der Waals surface area contributed by atoms with Crippen LogP contribution >= 0.6 is 0 Å². The Morgan fingerprint density at radius 1 is 1.32 bits per heavy atom. The Kier molecular flexibility index (Phi) is 4.14. The van der Waals surface area contributed by atoms with Crippen molar-refractivity contribution >= 4 is 11.0 Å². The molecule has 0 saturated heterocycles. The predicted octanol–water partition coefficient (Wildman–Crippen LogP) is 2.82. The summed E-state index contributed by atoms with van der Waals surface area (Å²) in [6, 6.07) is 3.64. The summed E-state index contributed by atoms with van der Waals surface area (Å²) in [6.07, 6.45) is 2.06. The third-order valence-corrected chi connectivity index (χ3v) is 2.93. The van der Waals surface area contributed by atoms with Crippen molar-refractivity contribution in [2.75, 3.05) is 6.61 Å². The van der Waals surface area contributed by atoms with Crippen molar-refractivity contribution in [3.05, 3.63) is 22.6 Å². The smallest absolute Gasteiger partial charge is 0.323 e. The first-order valence-electron chi connectivity index (χ1n) is 6.82. The van der Waals surface area contributed by atoms with Gasteiger partial charge in [0.25, 0.3) is 0 Å². The van der Waals surface area contributed by atoms with Crippen LogP contribution < -0.4 is 15.2 Å². The van der Waals surface area contributed by atoms with Crippen LogP contribution in [-0.2, 0) is 0 Å². The molecule has 2 heterocycles. The minimum absolute atomic E-state index is 0.0662. The zero-order valence-electron chi connectivity index (χ0n) is 11.6. The van der Waals surface area contributed by atoms with E-state index >= 15 is 0 Å². The zero-order chi connectivity index (χ0) is 13.8. The molecule has 0 fully saturated rings. The van der Waals surface area contributed by atoms with Crippen molar-refractivity contribution in [1.29, 1.82) is 0 Å². The molecule has 0 bridgehead atoms. The molecule has 19 heavy (non-hydrogen) atoms. The van der Waals surface area contributed by atoms with E-state index in [1.807, 2.05) is 26.0 Å². The van der Waals surface area contributed by atoms with Gasteiger partial charge in [-0.15, -0.1) is 0 Å². The lowest BCUT2D eigenvalue weighted by Crippen LogP contribution is -2.28. The Morgan fingerprint density at radius 3 is 2.84 bits per heavy atom. The van der Waals surface area contributed by atoms with Crippen LogP contribution in [0.4, 0.5) is 0 Å². The van der Waals surface area contributed by atoms with Crippen LogP contribution in [0.3, 0.4) is 0 Å². The van der Waals surface area contributed by atoms with Crippen LogP contribution in [0.5, 0.6) is 11.5 Å². The van der Waals surface area contributed by atoms with Gasteiger partial charge in [-0.3, -0.25) is 0 Å². The molecule has 0 amide bonds. The van der Waals surface area contributed by atoms with E-state index in [4.69, 9.17) is 9.47 Å². The molecule has 1 aromatic heterocycles. The Bertz CT molecular complexity index is 600. The van der Waals surface area contributed by atoms with Crippen molar-refractivity contribution in [1.82, 2.24) is 9.97 Å². The Hall–Kier alpha value is -1.91. The first kappa shape index (κ1) is 13.5. The number of hydrogen-bond donors (Lipinski definition) is 2. The summed E-state index contributed by atoms with van der Waals surface area (Å²) in [4.78, 5) is 16.7. The summed E-state index contributed by atoms with van der Waals surface area (Å²) in [6.45, 7) is 6.68. The van der Waals surface area contributed by atoms with Crippen molar-refractivity contribution in [2.45, 2.75) is 39.7 Å². The van der Waals surface area contributed by atoms with E-state index in [1.54, 1.807) is 0 Å². The van der Waals surface area contributed by atoms with Crippen LogP contribution in [0, 0.1) is 0 Å². The van der Waals surface area contributed by atoms with Gasteiger partial charge in [0.15, 0.2) is 11.5 Å². The second-order valence-electron chi connectivity index (χ2n) is 4.23. The monoisotopic (exact) mass is 264 g/mol. The number of aromatic nitrogens is 2. The molecular formula is C14H20N2O3. The van der Waals surface area contributed by atoms with Gasteiger partial charge in [-0.2, -0.15) is 0 Å². The average molecular weight is 264 g/mol. The van der Waals surface area contributed by atoms with Crippen LogP contribution in [0.15, 0.2) is 16.9 Å². The van der Waals surface area contributed by atoms with E-state index in [9.17, 15) is 4.79 Å². The molecule has 1 aromatic carbocycles. The summed E-state index contributed by atoms with van der Waals surface area (Å²) in [5.41, 5.74) is 1.21. The number of imidazole rings is 1. The number of aromatic amines is 2. The van der Waals surface area contributed by atoms with Crippen molar-refractivity contribution < 1.29 is 9.47 Å². The molecule has 5 heteroatoms. The molecule has 0 radical (unpaired) electrons. The number of ether oxygens (including phenoxy) is 2. The van der Waals surface area contributed by atoms with Gasteiger partial charge >= 0.3 is 5.69 Å². The quantitative estimate of drug-likeness (QED) is 0.876. The van der Waals surface area contributed by atoms with Crippen LogP contribution in [-0.4, -0.2) is 22.7 Å². The highest BCUT2D eigenvalue weighted by molar-refractivity contribution is 5.84. The van der Waals surface area contributed by atoms with Gasteiger partial charge in [-0.1, -0.05) is 27.2 Å². The van der Waals surface area contributed by atoms with Crippen LogP contribution in [0.25, 0.3) is 11.0 Å².